The Morgan fingerprint density at radius 3 is 3.09 bits per heavy atom. The van der Waals surface area contributed by atoms with Crippen molar-refractivity contribution in [3.63, 3.8) is 0 Å². The molecule has 1 aliphatic rings. The summed E-state index contributed by atoms with van der Waals surface area (Å²) in [5.41, 5.74) is 2.07. The van der Waals surface area contributed by atoms with Gasteiger partial charge >= 0.3 is 0 Å². The first-order chi connectivity index (χ1) is 10.7. The lowest BCUT2D eigenvalue weighted by atomic mass is 10.1. The minimum absolute atomic E-state index is 0.0315. The zero-order valence-corrected chi connectivity index (χ0v) is 12.3. The van der Waals surface area contributed by atoms with Crippen LogP contribution in [0.4, 0.5) is 0 Å². The van der Waals surface area contributed by atoms with Crippen molar-refractivity contribution >= 4 is 22.7 Å². The summed E-state index contributed by atoms with van der Waals surface area (Å²) in [6.45, 7) is 4.46. The van der Waals surface area contributed by atoms with Crippen LogP contribution in [-0.4, -0.2) is 34.3 Å². The van der Waals surface area contributed by atoms with Crippen molar-refractivity contribution in [2.24, 2.45) is 0 Å². The SMILES string of the molecule is C=CCNC(=O)[C@@H]1CCC(=O)N1Cc1c[nH]c2ccccc12. The van der Waals surface area contributed by atoms with Crippen LogP contribution in [0, 0.1) is 0 Å². The molecule has 0 radical (unpaired) electrons. The van der Waals surface area contributed by atoms with Crippen LogP contribution in [0.15, 0.2) is 43.1 Å². The summed E-state index contributed by atoms with van der Waals surface area (Å²) in [5.74, 6) is -0.0744. The van der Waals surface area contributed by atoms with Crippen molar-refractivity contribution < 1.29 is 9.59 Å². The molecule has 2 heterocycles. The first kappa shape index (κ1) is 14.4. The monoisotopic (exact) mass is 297 g/mol. The van der Waals surface area contributed by atoms with Gasteiger partial charge in [-0.2, -0.15) is 0 Å². The van der Waals surface area contributed by atoms with Gasteiger partial charge in [0.25, 0.3) is 0 Å². The van der Waals surface area contributed by atoms with E-state index in [0.29, 0.717) is 25.9 Å². The molecule has 1 atom stereocenters. The van der Waals surface area contributed by atoms with Crippen LogP contribution < -0.4 is 5.32 Å². The number of hydrogen-bond acceptors (Lipinski definition) is 2. The molecule has 0 saturated carbocycles. The lowest BCUT2D eigenvalue weighted by molar-refractivity contribution is -0.135. The minimum atomic E-state index is -0.388. The molecule has 22 heavy (non-hydrogen) atoms. The highest BCUT2D eigenvalue weighted by Crippen LogP contribution is 2.25. The molecule has 1 saturated heterocycles. The van der Waals surface area contributed by atoms with Crippen LogP contribution >= 0.6 is 0 Å². The van der Waals surface area contributed by atoms with E-state index in [1.807, 2.05) is 30.5 Å². The number of carbonyl (C=O) groups excluding carboxylic acids is 2. The predicted octanol–water partition coefficient (Wildman–Crippen LogP) is 1.96. The quantitative estimate of drug-likeness (QED) is 0.829. The largest absolute Gasteiger partial charge is 0.361 e. The van der Waals surface area contributed by atoms with Gasteiger partial charge in [-0.25, -0.2) is 0 Å². The molecular formula is C17H19N3O2. The number of H-pyrrole nitrogens is 1. The Kier molecular flexibility index (Phi) is 3.96. The molecule has 2 amide bonds. The summed E-state index contributed by atoms with van der Waals surface area (Å²) in [6, 6.07) is 7.57. The van der Waals surface area contributed by atoms with Gasteiger partial charge in [0, 0.05) is 36.6 Å². The van der Waals surface area contributed by atoms with Crippen molar-refractivity contribution in [1.29, 1.82) is 0 Å². The highest BCUT2D eigenvalue weighted by Gasteiger charge is 2.35. The van der Waals surface area contributed by atoms with Gasteiger partial charge in [0.2, 0.25) is 11.8 Å². The van der Waals surface area contributed by atoms with Crippen LogP contribution in [0.2, 0.25) is 0 Å². The topological polar surface area (TPSA) is 65.2 Å². The number of likely N-dealkylation sites (tertiary alicyclic amines) is 1. The van der Waals surface area contributed by atoms with Gasteiger partial charge in [0.05, 0.1) is 0 Å². The van der Waals surface area contributed by atoms with Crippen LogP contribution in [-0.2, 0) is 16.1 Å². The number of rotatable bonds is 5. The number of para-hydroxylation sites is 1. The van der Waals surface area contributed by atoms with Crippen LogP contribution in [0.1, 0.15) is 18.4 Å². The van der Waals surface area contributed by atoms with Gasteiger partial charge in [-0.3, -0.25) is 9.59 Å². The molecule has 1 aliphatic heterocycles. The molecule has 5 nitrogen and oxygen atoms in total. The summed E-state index contributed by atoms with van der Waals surface area (Å²) >= 11 is 0. The Bertz CT molecular complexity index is 720. The van der Waals surface area contributed by atoms with E-state index in [9.17, 15) is 9.59 Å². The number of benzene rings is 1. The predicted molar refractivity (Wildman–Crippen MR) is 85.1 cm³/mol. The number of nitrogens with one attached hydrogen (secondary N) is 2. The van der Waals surface area contributed by atoms with E-state index in [1.54, 1.807) is 11.0 Å². The molecule has 5 heteroatoms. The highest BCUT2D eigenvalue weighted by molar-refractivity contribution is 5.91. The first-order valence-corrected chi connectivity index (χ1v) is 7.44. The second-order valence-electron chi connectivity index (χ2n) is 5.47. The summed E-state index contributed by atoms with van der Waals surface area (Å²) in [7, 11) is 0. The van der Waals surface area contributed by atoms with Gasteiger partial charge in [-0.15, -0.1) is 6.58 Å². The second-order valence-corrected chi connectivity index (χ2v) is 5.47. The molecular weight excluding hydrogens is 278 g/mol. The number of hydrogen-bond donors (Lipinski definition) is 2. The molecule has 1 aromatic carbocycles. The average Bonchev–Trinajstić information content (AvgIpc) is 3.10. The Labute approximate surface area is 129 Å². The number of nitrogens with zero attached hydrogens (tertiary/aromatic N) is 1. The maximum absolute atomic E-state index is 12.2. The molecule has 1 fully saturated rings. The van der Waals surface area contributed by atoms with E-state index in [1.165, 1.54) is 0 Å². The minimum Gasteiger partial charge on any atom is -0.361 e. The summed E-state index contributed by atoms with van der Waals surface area (Å²) < 4.78 is 0. The van der Waals surface area contributed by atoms with Gasteiger partial charge in [0.1, 0.15) is 6.04 Å². The number of amides is 2. The molecule has 0 bridgehead atoms. The van der Waals surface area contributed by atoms with Gasteiger partial charge in [-0.05, 0) is 18.1 Å². The van der Waals surface area contributed by atoms with Crippen molar-refractivity contribution in [3.8, 4) is 0 Å². The van der Waals surface area contributed by atoms with Crippen molar-refractivity contribution in [2.75, 3.05) is 6.54 Å². The fraction of sp³-hybridized carbons (Fsp3) is 0.294. The third kappa shape index (κ3) is 2.62. The lowest BCUT2D eigenvalue weighted by Crippen LogP contribution is -2.44. The van der Waals surface area contributed by atoms with Gasteiger partial charge in [-0.1, -0.05) is 24.3 Å². The summed E-state index contributed by atoms with van der Waals surface area (Å²) in [6.07, 6.45) is 4.55. The van der Waals surface area contributed by atoms with Crippen LogP contribution in [0.5, 0.6) is 0 Å². The maximum Gasteiger partial charge on any atom is 0.243 e. The van der Waals surface area contributed by atoms with Crippen molar-refractivity contribution in [1.82, 2.24) is 15.2 Å². The van der Waals surface area contributed by atoms with Gasteiger partial charge < -0.3 is 15.2 Å². The number of aromatic amines is 1. The van der Waals surface area contributed by atoms with Crippen molar-refractivity contribution in [3.05, 3.63) is 48.7 Å². The molecule has 3 rings (SSSR count). The van der Waals surface area contributed by atoms with E-state index >= 15 is 0 Å². The fourth-order valence-corrected chi connectivity index (χ4v) is 2.94. The Hall–Kier alpha value is -2.56. The Morgan fingerprint density at radius 2 is 2.27 bits per heavy atom. The number of aromatic nitrogens is 1. The van der Waals surface area contributed by atoms with Crippen LogP contribution in [0.25, 0.3) is 10.9 Å². The zero-order chi connectivity index (χ0) is 15.5. The van der Waals surface area contributed by atoms with Gasteiger partial charge in [0.15, 0.2) is 0 Å². The molecule has 0 aliphatic carbocycles. The Morgan fingerprint density at radius 1 is 1.45 bits per heavy atom. The molecule has 0 unspecified atom stereocenters. The third-order valence-electron chi connectivity index (χ3n) is 4.07. The number of fused-ring (bicyclic) bond motifs is 1. The first-order valence-electron chi connectivity index (χ1n) is 7.44. The van der Waals surface area contributed by atoms with E-state index in [0.717, 1.165) is 16.5 Å². The maximum atomic E-state index is 12.2. The van der Waals surface area contributed by atoms with Crippen molar-refractivity contribution in [2.45, 2.75) is 25.4 Å². The molecule has 1 aromatic heterocycles. The lowest BCUT2D eigenvalue weighted by Gasteiger charge is -2.23. The fourth-order valence-electron chi connectivity index (χ4n) is 2.94. The molecule has 2 aromatic rings. The zero-order valence-electron chi connectivity index (χ0n) is 12.3. The summed E-state index contributed by atoms with van der Waals surface area (Å²) in [4.78, 5) is 29.2. The molecule has 114 valence electrons. The van der Waals surface area contributed by atoms with E-state index < -0.39 is 0 Å². The number of carbonyl (C=O) groups is 2. The average molecular weight is 297 g/mol. The van der Waals surface area contributed by atoms with E-state index in [-0.39, 0.29) is 17.9 Å². The third-order valence-corrected chi connectivity index (χ3v) is 4.07. The van der Waals surface area contributed by atoms with Crippen LogP contribution in [0.3, 0.4) is 0 Å². The molecule has 2 N–H and O–H groups in total. The van der Waals surface area contributed by atoms with E-state index in [4.69, 9.17) is 0 Å². The Balaban J connectivity index is 1.81. The normalized spacial score (nSPS) is 17.9. The smallest absolute Gasteiger partial charge is 0.243 e. The summed E-state index contributed by atoms with van der Waals surface area (Å²) in [5, 5.41) is 3.87. The molecule has 0 spiro atoms. The second kappa shape index (κ2) is 6.05. The standard InChI is InChI=1S/C17H19N3O2/c1-2-9-18-17(22)15-7-8-16(21)20(15)11-12-10-19-14-6-4-3-5-13(12)14/h2-6,10,15,19H,1,7-9,11H2,(H,18,22)/t15-/m0/s1. The van der Waals surface area contributed by atoms with E-state index in [2.05, 4.69) is 16.9 Å². The highest BCUT2D eigenvalue weighted by atomic mass is 16.2.